The molecule has 5 nitrogen and oxygen atoms in total. The zero-order valence-electron chi connectivity index (χ0n) is 11.4. The first-order valence-electron chi connectivity index (χ1n) is 5.99. The molecule has 0 aliphatic carbocycles. The molecule has 0 saturated carbocycles. The molecular weight excluding hydrogens is 276 g/mol. The molecule has 1 amide bonds. The van der Waals surface area contributed by atoms with Crippen LogP contribution in [0.4, 0.5) is 5.69 Å². The topological polar surface area (TPSA) is 67.4 Å². The maximum absolute atomic E-state index is 11.5. The molecule has 0 aliphatic rings. The van der Waals surface area contributed by atoms with Crippen LogP contribution >= 0.6 is 12.2 Å². The van der Waals surface area contributed by atoms with Gasteiger partial charge in [-0.15, -0.1) is 0 Å². The lowest BCUT2D eigenvalue weighted by Crippen LogP contribution is -2.34. The maximum Gasteiger partial charge on any atom is 0.338 e. The molecule has 0 bridgehead atoms. The van der Waals surface area contributed by atoms with Crippen LogP contribution in [0.25, 0.3) is 0 Å². The largest absolute Gasteiger partial charge is 0.462 e. The molecule has 0 unspecified atom stereocenters. The third kappa shape index (κ3) is 4.81. The summed E-state index contributed by atoms with van der Waals surface area (Å²) >= 11 is 4.98. The molecule has 6 heteroatoms. The Kier molecular flexibility index (Phi) is 5.86. The lowest BCUT2D eigenvalue weighted by Gasteiger charge is -2.09. The molecule has 0 atom stereocenters. The van der Waals surface area contributed by atoms with E-state index in [0.29, 0.717) is 23.4 Å². The molecule has 0 fully saturated rings. The molecule has 1 aromatic carbocycles. The normalized spacial score (nSPS) is 9.50. The minimum absolute atomic E-state index is 0.168. The Hall–Kier alpha value is -2.21. The first-order chi connectivity index (χ1) is 9.43. The Morgan fingerprint density at radius 2 is 1.90 bits per heavy atom. The van der Waals surface area contributed by atoms with Crippen LogP contribution in [0.1, 0.15) is 24.2 Å². The summed E-state index contributed by atoms with van der Waals surface area (Å²) < 4.78 is 4.88. The molecular formula is C14H16N2O3S. The van der Waals surface area contributed by atoms with Crippen LogP contribution in [0.15, 0.2) is 36.4 Å². The number of ether oxygens (including phenoxy) is 1. The summed E-state index contributed by atoms with van der Waals surface area (Å²) in [6.07, 6.45) is 0. The second kappa shape index (κ2) is 7.40. The number of benzene rings is 1. The minimum Gasteiger partial charge on any atom is -0.462 e. The summed E-state index contributed by atoms with van der Waals surface area (Å²) in [6, 6.07) is 6.57. The highest BCUT2D eigenvalue weighted by molar-refractivity contribution is 7.80. The van der Waals surface area contributed by atoms with Gasteiger partial charge in [0.15, 0.2) is 5.11 Å². The predicted octanol–water partition coefficient (Wildman–Crippen LogP) is 2.25. The van der Waals surface area contributed by atoms with E-state index < -0.39 is 0 Å². The van der Waals surface area contributed by atoms with Gasteiger partial charge in [0.1, 0.15) is 0 Å². The molecule has 0 radical (unpaired) electrons. The van der Waals surface area contributed by atoms with E-state index in [9.17, 15) is 9.59 Å². The number of carbonyl (C=O) groups is 2. The first kappa shape index (κ1) is 15.8. The van der Waals surface area contributed by atoms with Crippen molar-refractivity contribution in [1.82, 2.24) is 5.32 Å². The summed E-state index contributed by atoms with van der Waals surface area (Å²) in [7, 11) is 0. The Morgan fingerprint density at radius 3 is 2.40 bits per heavy atom. The van der Waals surface area contributed by atoms with Gasteiger partial charge in [0, 0.05) is 11.3 Å². The van der Waals surface area contributed by atoms with E-state index in [2.05, 4.69) is 17.2 Å². The van der Waals surface area contributed by atoms with E-state index >= 15 is 0 Å². The molecule has 0 aromatic heterocycles. The van der Waals surface area contributed by atoms with Crippen LogP contribution in [-0.2, 0) is 9.53 Å². The van der Waals surface area contributed by atoms with E-state index in [1.54, 1.807) is 38.1 Å². The van der Waals surface area contributed by atoms with Crippen molar-refractivity contribution in [2.75, 3.05) is 11.9 Å². The molecule has 0 aliphatic heterocycles. The van der Waals surface area contributed by atoms with E-state index in [4.69, 9.17) is 17.0 Å². The van der Waals surface area contributed by atoms with Gasteiger partial charge < -0.3 is 10.1 Å². The van der Waals surface area contributed by atoms with Crippen molar-refractivity contribution < 1.29 is 14.3 Å². The predicted molar refractivity (Wildman–Crippen MR) is 81.6 cm³/mol. The average Bonchev–Trinajstić information content (AvgIpc) is 2.39. The van der Waals surface area contributed by atoms with Gasteiger partial charge in [0.25, 0.3) is 5.91 Å². The zero-order chi connectivity index (χ0) is 15.1. The molecule has 1 rings (SSSR count). The van der Waals surface area contributed by atoms with Crippen LogP contribution in [-0.4, -0.2) is 23.6 Å². The van der Waals surface area contributed by atoms with Gasteiger partial charge in [-0.3, -0.25) is 10.1 Å². The average molecular weight is 292 g/mol. The first-order valence-corrected chi connectivity index (χ1v) is 6.40. The van der Waals surface area contributed by atoms with Gasteiger partial charge in [0.05, 0.1) is 12.2 Å². The number of hydrogen-bond donors (Lipinski definition) is 2. The highest BCUT2D eigenvalue weighted by atomic mass is 32.1. The van der Waals surface area contributed by atoms with E-state index in [0.717, 1.165) is 0 Å². The van der Waals surface area contributed by atoms with Crippen LogP contribution < -0.4 is 10.6 Å². The lowest BCUT2D eigenvalue weighted by atomic mass is 10.2. The van der Waals surface area contributed by atoms with Gasteiger partial charge in [-0.2, -0.15) is 0 Å². The number of carbonyl (C=O) groups excluding carboxylic acids is 2. The summed E-state index contributed by atoms with van der Waals surface area (Å²) in [4.78, 5) is 22.8. The maximum atomic E-state index is 11.5. The number of nitrogens with one attached hydrogen (secondary N) is 2. The summed E-state index contributed by atoms with van der Waals surface area (Å²) in [5.41, 5.74) is 1.48. The molecule has 0 spiro atoms. The number of rotatable bonds is 4. The standard InChI is InChI=1S/C14H16N2O3S/c1-4-19-13(18)10-5-7-11(8-6-10)15-14(20)16-12(17)9(2)3/h5-8H,2,4H2,1,3H3,(H2,15,16,17,20). The number of anilines is 1. The number of hydrogen-bond acceptors (Lipinski definition) is 4. The van der Waals surface area contributed by atoms with Crippen molar-refractivity contribution in [3.63, 3.8) is 0 Å². The van der Waals surface area contributed by atoms with Crippen molar-refractivity contribution in [3.05, 3.63) is 42.0 Å². The van der Waals surface area contributed by atoms with Gasteiger partial charge in [-0.25, -0.2) is 4.79 Å². The number of amides is 1. The summed E-state index contributed by atoms with van der Waals surface area (Å²) in [6.45, 7) is 7.18. The molecule has 2 N–H and O–H groups in total. The quantitative estimate of drug-likeness (QED) is 0.506. The summed E-state index contributed by atoms with van der Waals surface area (Å²) in [5.74, 6) is -0.720. The van der Waals surface area contributed by atoms with E-state index in [1.807, 2.05) is 0 Å². The van der Waals surface area contributed by atoms with Crippen molar-refractivity contribution >= 4 is 34.9 Å². The van der Waals surface area contributed by atoms with Crippen LogP contribution in [0.2, 0.25) is 0 Å². The third-order valence-corrected chi connectivity index (χ3v) is 2.47. The molecule has 106 valence electrons. The zero-order valence-corrected chi connectivity index (χ0v) is 12.2. The van der Waals surface area contributed by atoms with Gasteiger partial charge in [-0.1, -0.05) is 6.58 Å². The third-order valence-electron chi connectivity index (χ3n) is 2.27. The van der Waals surface area contributed by atoms with Crippen molar-refractivity contribution in [1.29, 1.82) is 0 Å². The Balaban J connectivity index is 2.61. The van der Waals surface area contributed by atoms with Crippen molar-refractivity contribution in [2.45, 2.75) is 13.8 Å². The van der Waals surface area contributed by atoms with E-state index in [1.165, 1.54) is 0 Å². The van der Waals surface area contributed by atoms with Crippen LogP contribution in [0, 0.1) is 0 Å². The van der Waals surface area contributed by atoms with E-state index in [-0.39, 0.29) is 17.0 Å². The monoisotopic (exact) mass is 292 g/mol. The molecule has 0 saturated heterocycles. The fraction of sp³-hybridized carbons (Fsp3) is 0.214. The van der Waals surface area contributed by atoms with Crippen LogP contribution in [0.3, 0.4) is 0 Å². The molecule has 1 aromatic rings. The second-order valence-corrected chi connectivity index (χ2v) is 4.39. The highest BCUT2D eigenvalue weighted by Gasteiger charge is 2.07. The van der Waals surface area contributed by atoms with Gasteiger partial charge >= 0.3 is 5.97 Å². The van der Waals surface area contributed by atoms with Gasteiger partial charge in [0.2, 0.25) is 0 Å². The fourth-order valence-electron chi connectivity index (χ4n) is 1.28. The SMILES string of the molecule is C=C(C)C(=O)NC(=S)Nc1ccc(C(=O)OCC)cc1. The fourth-order valence-corrected chi connectivity index (χ4v) is 1.49. The van der Waals surface area contributed by atoms with Crippen LogP contribution in [0.5, 0.6) is 0 Å². The Labute approximate surface area is 123 Å². The summed E-state index contributed by atoms with van der Waals surface area (Å²) in [5, 5.41) is 5.48. The van der Waals surface area contributed by atoms with Gasteiger partial charge in [-0.05, 0) is 50.3 Å². The highest BCUT2D eigenvalue weighted by Crippen LogP contribution is 2.10. The van der Waals surface area contributed by atoms with Crippen molar-refractivity contribution in [3.8, 4) is 0 Å². The lowest BCUT2D eigenvalue weighted by molar-refractivity contribution is -0.116. The Bertz CT molecular complexity index is 538. The number of esters is 1. The minimum atomic E-state index is -0.378. The second-order valence-electron chi connectivity index (χ2n) is 3.99. The Morgan fingerprint density at radius 1 is 1.30 bits per heavy atom. The number of thiocarbonyl (C=S) groups is 1. The van der Waals surface area contributed by atoms with Crippen molar-refractivity contribution in [2.24, 2.45) is 0 Å². The molecule has 20 heavy (non-hydrogen) atoms. The smallest absolute Gasteiger partial charge is 0.338 e. The molecule has 0 heterocycles.